The van der Waals surface area contributed by atoms with E-state index in [2.05, 4.69) is 0 Å². The lowest BCUT2D eigenvalue weighted by Gasteiger charge is -2.14. The van der Waals surface area contributed by atoms with Crippen LogP contribution >= 0.6 is 0 Å². The third-order valence-corrected chi connectivity index (χ3v) is 3.08. The number of ether oxygens (including phenoxy) is 1. The van der Waals surface area contributed by atoms with Crippen molar-refractivity contribution in [3.63, 3.8) is 0 Å². The van der Waals surface area contributed by atoms with Gasteiger partial charge in [-0.15, -0.1) is 0 Å². The molecule has 1 heterocycles. The molecule has 1 aromatic rings. The molecule has 1 aromatic carbocycles. The van der Waals surface area contributed by atoms with E-state index in [1.807, 2.05) is 23.1 Å². The zero-order chi connectivity index (χ0) is 13.0. The Labute approximate surface area is 107 Å². The molecule has 100 valence electrons. The van der Waals surface area contributed by atoms with Gasteiger partial charge in [-0.05, 0) is 18.6 Å². The lowest BCUT2D eigenvalue weighted by Crippen LogP contribution is -2.24. The van der Waals surface area contributed by atoms with Gasteiger partial charge in [-0.1, -0.05) is 6.07 Å². The highest BCUT2D eigenvalue weighted by molar-refractivity contribution is 5.43. The molecule has 0 radical (unpaired) electrons. The number of benzene rings is 1. The number of hydrogen-bond acceptors (Lipinski definition) is 5. The highest BCUT2D eigenvalue weighted by Crippen LogP contribution is 2.15. The van der Waals surface area contributed by atoms with Crippen molar-refractivity contribution in [3.8, 4) is 5.75 Å². The molecule has 2 atom stereocenters. The number of nitrogen functional groups attached to an aromatic ring is 1. The number of rotatable bonds is 5. The molecule has 1 saturated heterocycles. The van der Waals surface area contributed by atoms with Gasteiger partial charge < -0.3 is 20.7 Å². The summed E-state index contributed by atoms with van der Waals surface area (Å²) >= 11 is 0. The number of aliphatic hydroxyl groups is 2. The van der Waals surface area contributed by atoms with Crippen molar-refractivity contribution in [2.24, 2.45) is 0 Å². The molecular weight excluding hydrogens is 232 g/mol. The van der Waals surface area contributed by atoms with Crippen LogP contribution in [0.5, 0.6) is 5.75 Å². The summed E-state index contributed by atoms with van der Waals surface area (Å²) in [5.74, 6) is 0.775. The molecule has 2 rings (SSSR count). The van der Waals surface area contributed by atoms with Crippen LogP contribution in [-0.2, 0) is 0 Å². The van der Waals surface area contributed by atoms with Crippen molar-refractivity contribution in [1.82, 2.24) is 4.90 Å². The maximum Gasteiger partial charge on any atom is 0.121 e. The summed E-state index contributed by atoms with van der Waals surface area (Å²) in [6.07, 6.45) is -0.367. The van der Waals surface area contributed by atoms with Gasteiger partial charge in [0.15, 0.2) is 0 Å². The predicted octanol–water partition coefficient (Wildman–Crippen LogP) is 0.0751. The van der Waals surface area contributed by atoms with Crippen LogP contribution in [0.3, 0.4) is 0 Å². The van der Waals surface area contributed by atoms with Crippen molar-refractivity contribution in [1.29, 1.82) is 0 Å². The van der Waals surface area contributed by atoms with E-state index >= 15 is 0 Å². The standard InChI is InChI=1S/C13H20N2O3/c14-10-3-1-4-11(7-10)18-6-2-5-15-8-12(16)13(17)9-15/h1,3-4,7,12-13,16-17H,2,5-6,8-9,14H2. The summed E-state index contributed by atoms with van der Waals surface area (Å²) in [6.45, 7) is 2.50. The molecule has 0 saturated carbocycles. The Kier molecular flexibility index (Phi) is 4.41. The number of likely N-dealkylation sites (tertiary alicyclic amines) is 1. The smallest absolute Gasteiger partial charge is 0.121 e. The molecule has 0 amide bonds. The molecule has 0 spiro atoms. The topological polar surface area (TPSA) is 79.0 Å². The van der Waals surface area contributed by atoms with Gasteiger partial charge in [0.2, 0.25) is 0 Å². The second-order valence-corrected chi connectivity index (χ2v) is 4.67. The van der Waals surface area contributed by atoms with Crippen LogP contribution in [-0.4, -0.2) is 53.6 Å². The van der Waals surface area contributed by atoms with Crippen molar-refractivity contribution in [2.75, 3.05) is 32.0 Å². The van der Waals surface area contributed by atoms with Crippen LogP contribution in [0.15, 0.2) is 24.3 Å². The number of aliphatic hydroxyl groups excluding tert-OH is 2. The first-order chi connectivity index (χ1) is 8.65. The summed E-state index contributed by atoms with van der Waals surface area (Å²) in [5.41, 5.74) is 6.34. The Morgan fingerprint density at radius 3 is 2.67 bits per heavy atom. The largest absolute Gasteiger partial charge is 0.493 e. The van der Waals surface area contributed by atoms with E-state index in [4.69, 9.17) is 10.5 Å². The van der Waals surface area contributed by atoms with Crippen LogP contribution in [0.25, 0.3) is 0 Å². The Balaban J connectivity index is 1.65. The van der Waals surface area contributed by atoms with E-state index < -0.39 is 12.2 Å². The maximum atomic E-state index is 9.40. The molecule has 2 unspecified atom stereocenters. The maximum absolute atomic E-state index is 9.40. The Bertz CT molecular complexity index is 376. The summed E-state index contributed by atoms with van der Waals surface area (Å²) in [5, 5.41) is 18.8. The number of nitrogens with two attached hydrogens (primary N) is 1. The van der Waals surface area contributed by atoms with E-state index in [-0.39, 0.29) is 0 Å². The van der Waals surface area contributed by atoms with Gasteiger partial charge >= 0.3 is 0 Å². The molecular formula is C13H20N2O3. The summed E-state index contributed by atoms with van der Waals surface area (Å²) in [7, 11) is 0. The average molecular weight is 252 g/mol. The van der Waals surface area contributed by atoms with Gasteiger partial charge in [-0.2, -0.15) is 0 Å². The van der Waals surface area contributed by atoms with Crippen LogP contribution in [0.2, 0.25) is 0 Å². The normalized spacial score (nSPS) is 24.3. The van der Waals surface area contributed by atoms with Crippen LogP contribution in [0.1, 0.15) is 6.42 Å². The molecule has 0 aromatic heterocycles. The molecule has 0 bridgehead atoms. The second-order valence-electron chi connectivity index (χ2n) is 4.67. The van der Waals surface area contributed by atoms with Gasteiger partial charge in [0.25, 0.3) is 0 Å². The van der Waals surface area contributed by atoms with E-state index in [0.717, 1.165) is 18.7 Å². The van der Waals surface area contributed by atoms with Gasteiger partial charge in [-0.3, -0.25) is 4.90 Å². The predicted molar refractivity (Wildman–Crippen MR) is 69.4 cm³/mol. The van der Waals surface area contributed by atoms with Crippen molar-refractivity contribution >= 4 is 5.69 Å². The fourth-order valence-corrected chi connectivity index (χ4v) is 2.11. The van der Waals surface area contributed by atoms with Crippen molar-refractivity contribution in [2.45, 2.75) is 18.6 Å². The van der Waals surface area contributed by atoms with Gasteiger partial charge in [0.05, 0.1) is 18.8 Å². The fraction of sp³-hybridized carbons (Fsp3) is 0.538. The lowest BCUT2D eigenvalue weighted by atomic mass is 10.3. The lowest BCUT2D eigenvalue weighted by molar-refractivity contribution is 0.0572. The van der Waals surface area contributed by atoms with Gasteiger partial charge in [0, 0.05) is 31.4 Å². The zero-order valence-corrected chi connectivity index (χ0v) is 10.3. The van der Waals surface area contributed by atoms with Crippen LogP contribution in [0, 0.1) is 0 Å². The molecule has 4 N–H and O–H groups in total. The first kappa shape index (κ1) is 13.1. The van der Waals surface area contributed by atoms with Crippen LogP contribution in [0.4, 0.5) is 5.69 Å². The van der Waals surface area contributed by atoms with Crippen molar-refractivity contribution in [3.05, 3.63) is 24.3 Å². The Hall–Kier alpha value is -1.30. The number of nitrogens with zero attached hydrogens (tertiary/aromatic N) is 1. The Morgan fingerprint density at radius 1 is 1.28 bits per heavy atom. The summed E-state index contributed by atoms with van der Waals surface area (Å²) in [4.78, 5) is 2.04. The van der Waals surface area contributed by atoms with Gasteiger partial charge in [-0.25, -0.2) is 0 Å². The first-order valence-electron chi connectivity index (χ1n) is 6.22. The minimum atomic E-state index is -0.611. The monoisotopic (exact) mass is 252 g/mol. The molecule has 0 aliphatic carbocycles. The van der Waals surface area contributed by atoms with E-state index in [0.29, 0.717) is 25.4 Å². The minimum absolute atomic E-state index is 0.541. The molecule has 1 aliphatic heterocycles. The zero-order valence-electron chi connectivity index (χ0n) is 10.3. The number of anilines is 1. The molecule has 1 fully saturated rings. The second kappa shape index (κ2) is 6.04. The summed E-state index contributed by atoms with van der Waals surface area (Å²) < 4.78 is 5.57. The minimum Gasteiger partial charge on any atom is -0.493 e. The first-order valence-corrected chi connectivity index (χ1v) is 6.22. The number of hydrogen-bond donors (Lipinski definition) is 3. The Morgan fingerprint density at radius 2 is 2.00 bits per heavy atom. The third kappa shape index (κ3) is 3.60. The molecule has 1 aliphatic rings. The average Bonchev–Trinajstić information content (AvgIpc) is 2.65. The quantitative estimate of drug-likeness (QED) is 0.511. The van der Waals surface area contributed by atoms with E-state index in [1.54, 1.807) is 6.07 Å². The van der Waals surface area contributed by atoms with E-state index in [1.165, 1.54) is 0 Å². The summed E-state index contributed by atoms with van der Waals surface area (Å²) in [6, 6.07) is 7.35. The SMILES string of the molecule is Nc1cccc(OCCCN2CC(O)C(O)C2)c1. The molecule has 5 heteroatoms. The third-order valence-electron chi connectivity index (χ3n) is 3.08. The molecule has 18 heavy (non-hydrogen) atoms. The highest BCUT2D eigenvalue weighted by atomic mass is 16.5. The highest BCUT2D eigenvalue weighted by Gasteiger charge is 2.28. The number of β-amino-alcohol motifs (C(OH)–C–C–N with tert-alkyl or cyclic N) is 2. The molecule has 5 nitrogen and oxygen atoms in total. The van der Waals surface area contributed by atoms with Crippen molar-refractivity contribution < 1.29 is 14.9 Å². The fourth-order valence-electron chi connectivity index (χ4n) is 2.11. The van der Waals surface area contributed by atoms with Gasteiger partial charge in [0.1, 0.15) is 5.75 Å². The van der Waals surface area contributed by atoms with E-state index in [9.17, 15) is 10.2 Å². The van der Waals surface area contributed by atoms with Crippen LogP contribution < -0.4 is 10.5 Å².